The van der Waals surface area contributed by atoms with Crippen molar-refractivity contribution < 1.29 is 0 Å². The second kappa shape index (κ2) is 7.13. The summed E-state index contributed by atoms with van der Waals surface area (Å²) < 4.78 is 4.64. The molecule has 0 aliphatic heterocycles. The summed E-state index contributed by atoms with van der Waals surface area (Å²) in [4.78, 5) is 0. The van der Waals surface area contributed by atoms with Gasteiger partial charge in [-0.2, -0.15) is 0 Å². The van der Waals surface area contributed by atoms with E-state index in [0.717, 1.165) is 5.69 Å². The van der Waals surface area contributed by atoms with Gasteiger partial charge in [0.15, 0.2) is 0 Å². The molecule has 0 bridgehead atoms. The number of thiocarbonyl (C=S) groups is 1. The first-order valence-corrected chi connectivity index (χ1v) is 4.19. The van der Waals surface area contributed by atoms with Gasteiger partial charge in [-0.25, -0.2) is 0 Å². The van der Waals surface area contributed by atoms with E-state index in [1.165, 1.54) is 11.9 Å². The van der Waals surface area contributed by atoms with Gasteiger partial charge in [-0.15, -0.1) is 0 Å². The third-order valence-electron chi connectivity index (χ3n) is 0.999. The fourth-order valence-electron chi connectivity index (χ4n) is 0.598. The normalized spacial score (nSPS) is 8.00. The minimum absolute atomic E-state index is 0. The van der Waals surface area contributed by atoms with Gasteiger partial charge in [0.25, 0.3) is 0 Å². The Morgan fingerprint density at radius 1 is 1.27 bits per heavy atom. The number of hydrogen-bond acceptors (Lipinski definition) is 3. The van der Waals surface area contributed by atoms with Gasteiger partial charge in [-0.1, -0.05) is 30.4 Å². The molecule has 11 heavy (non-hydrogen) atoms. The summed E-state index contributed by atoms with van der Waals surface area (Å²) in [7, 11) is 0. The van der Waals surface area contributed by atoms with E-state index in [-0.39, 0.29) is 29.6 Å². The van der Waals surface area contributed by atoms with E-state index in [2.05, 4.69) is 16.9 Å². The summed E-state index contributed by atoms with van der Waals surface area (Å²) >= 11 is 6.03. The maximum Gasteiger partial charge on any atom is 0.0553 e. The second-order valence-corrected chi connectivity index (χ2v) is 2.89. The maximum absolute atomic E-state index is 4.63. The molecule has 0 saturated heterocycles. The van der Waals surface area contributed by atoms with Crippen molar-refractivity contribution in [3.8, 4) is 0 Å². The predicted molar refractivity (Wildman–Crippen MR) is 57.1 cm³/mol. The second-order valence-electron chi connectivity index (χ2n) is 1.68. The van der Waals surface area contributed by atoms with Crippen LogP contribution in [0.15, 0.2) is 30.3 Å². The van der Waals surface area contributed by atoms with Crippen LogP contribution in [0.25, 0.3) is 0 Å². The molecule has 0 spiro atoms. The molecule has 1 N–H and O–H groups in total. The van der Waals surface area contributed by atoms with Crippen LogP contribution in [-0.2, 0) is 0 Å². The van der Waals surface area contributed by atoms with Crippen molar-refractivity contribution in [3.05, 3.63) is 30.3 Å². The Morgan fingerprint density at radius 2 is 1.91 bits per heavy atom. The van der Waals surface area contributed by atoms with Crippen LogP contribution in [0.3, 0.4) is 0 Å². The van der Waals surface area contributed by atoms with Gasteiger partial charge < -0.3 is 4.72 Å². The molecular weight excluding hydrogens is 185 g/mol. The van der Waals surface area contributed by atoms with Gasteiger partial charge in [-0.05, 0) is 24.1 Å². The van der Waals surface area contributed by atoms with E-state index < -0.39 is 0 Å². The fraction of sp³-hybridized carbons (Fsp3) is 0. The zero-order chi connectivity index (χ0) is 7.23. The molecule has 0 heterocycles. The standard InChI is InChI=1S/C7H7NS2.Na/c9-6-10-8-7-4-2-1-3-5-7;/h1-6,8H;. The van der Waals surface area contributed by atoms with Crippen molar-refractivity contribution in [2.75, 3.05) is 4.72 Å². The summed E-state index contributed by atoms with van der Waals surface area (Å²) in [6.45, 7) is 0. The Kier molecular flexibility index (Phi) is 7.43. The number of anilines is 1. The SMILES string of the molecule is S=CSNc1ccccc1.[Na]. The van der Waals surface area contributed by atoms with Crippen LogP contribution in [0.4, 0.5) is 5.69 Å². The first-order valence-electron chi connectivity index (χ1n) is 2.84. The van der Waals surface area contributed by atoms with Crippen LogP contribution in [0.1, 0.15) is 0 Å². The van der Waals surface area contributed by atoms with Gasteiger partial charge in [-0.3, -0.25) is 0 Å². The smallest absolute Gasteiger partial charge is 0.0553 e. The van der Waals surface area contributed by atoms with E-state index in [1.54, 1.807) is 4.70 Å². The van der Waals surface area contributed by atoms with Gasteiger partial charge in [0.2, 0.25) is 0 Å². The van der Waals surface area contributed by atoms with Crippen molar-refractivity contribution in [2.24, 2.45) is 0 Å². The van der Waals surface area contributed by atoms with Crippen LogP contribution in [-0.4, -0.2) is 34.3 Å². The monoisotopic (exact) mass is 192 g/mol. The van der Waals surface area contributed by atoms with E-state index in [1.807, 2.05) is 30.3 Å². The first-order chi connectivity index (χ1) is 4.93. The summed E-state index contributed by atoms with van der Waals surface area (Å²) in [5.74, 6) is 0. The Labute approximate surface area is 98.4 Å². The quantitative estimate of drug-likeness (QED) is 0.448. The third-order valence-corrected chi connectivity index (χ3v) is 1.74. The zero-order valence-corrected chi connectivity index (χ0v) is 9.91. The van der Waals surface area contributed by atoms with Crippen LogP contribution >= 0.6 is 24.2 Å². The molecule has 1 nitrogen and oxygen atoms in total. The van der Waals surface area contributed by atoms with Crippen molar-refractivity contribution in [3.63, 3.8) is 0 Å². The summed E-state index contributed by atoms with van der Waals surface area (Å²) in [6, 6.07) is 9.92. The van der Waals surface area contributed by atoms with Gasteiger partial charge in [0.1, 0.15) is 0 Å². The van der Waals surface area contributed by atoms with E-state index in [4.69, 9.17) is 0 Å². The molecule has 4 heteroatoms. The topological polar surface area (TPSA) is 12.0 Å². The number of para-hydroxylation sites is 1. The minimum atomic E-state index is 0. The van der Waals surface area contributed by atoms with Crippen LogP contribution < -0.4 is 4.72 Å². The maximum atomic E-state index is 4.63. The first kappa shape index (κ1) is 11.5. The molecular formula is C7H7NNaS2. The van der Waals surface area contributed by atoms with Crippen molar-refractivity contribution in [1.29, 1.82) is 0 Å². The molecule has 1 aromatic rings. The number of nitrogens with one attached hydrogen (secondary N) is 1. The molecule has 0 aliphatic carbocycles. The van der Waals surface area contributed by atoms with E-state index >= 15 is 0 Å². The largest absolute Gasteiger partial charge is 0.325 e. The van der Waals surface area contributed by atoms with Crippen molar-refractivity contribution in [1.82, 2.24) is 0 Å². The average molecular weight is 192 g/mol. The minimum Gasteiger partial charge on any atom is -0.325 e. The summed E-state index contributed by atoms with van der Waals surface area (Å²) in [5.41, 5.74) is 1.08. The molecule has 53 valence electrons. The Bertz CT molecular complexity index is 203. The average Bonchev–Trinajstić information content (AvgIpc) is 2.03. The fourth-order valence-corrected chi connectivity index (χ4v) is 1.06. The van der Waals surface area contributed by atoms with Gasteiger partial charge >= 0.3 is 0 Å². The molecule has 0 amide bonds. The van der Waals surface area contributed by atoms with Gasteiger partial charge in [0, 0.05) is 35.2 Å². The molecule has 0 atom stereocenters. The molecule has 0 aliphatic rings. The van der Waals surface area contributed by atoms with Gasteiger partial charge in [0.05, 0.1) is 4.70 Å². The third kappa shape index (κ3) is 4.82. The molecule has 0 saturated carbocycles. The molecule has 0 fully saturated rings. The molecule has 1 aromatic carbocycles. The Balaban J connectivity index is 0.000001000. The number of rotatable bonds is 3. The molecule has 1 radical (unpaired) electrons. The molecule has 0 unspecified atom stereocenters. The Hall–Kier alpha value is 0.460. The molecule has 0 aromatic heterocycles. The zero-order valence-electron chi connectivity index (χ0n) is 6.28. The Morgan fingerprint density at radius 3 is 2.45 bits per heavy atom. The predicted octanol–water partition coefficient (Wildman–Crippen LogP) is 2.32. The molecule has 1 rings (SSSR count). The number of hydrogen-bond donors (Lipinski definition) is 1. The summed E-state index contributed by atoms with van der Waals surface area (Å²) in [6.07, 6.45) is 0. The van der Waals surface area contributed by atoms with E-state index in [0.29, 0.717) is 0 Å². The van der Waals surface area contributed by atoms with Crippen LogP contribution in [0, 0.1) is 0 Å². The van der Waals surface area contributed by atoms with E-state index in [9.17, 15) is 0 Å². The van der Waals surface area contributed by atoms with Crippen molar-refractivity contribution >= 4 is 64.1 Å². The number of benzene rings is 1. The van der Waals surface area contributed by atoms with Crippen LogP contribution in [0.2, 0.25) is 0 Å². The summed E-state index contributed by atoms with van der Waals surface area (Å²) in [5, 5.41) is 0. The van der Waals surface area contributed by atoms with Crippen LogP contribution in [0.5, 0.6) is 0 Å². The van der Waals surface area contributed by atoms with Crippen molar-refractivity contribution in [2.45, 2.75) is 0 Å².